The number of aryl methyl sites for hydroxylation is 1. The number of hydrogen-bond acceptors (Lipinski definition) is 5. The van der Waals surface area contributed by atoms with E-state index in [0.717, 1.165) is 11.3 Å². The maximum Gasteiger partial charge on any atom is 0.309 e. The van der Waals surface area contributed by atoms with Gasteiger partial charge in [0.15, 0.2) is 5.13 Å². The number of nitrogens with zero attached hydrogens (tertiary/aromatic N) is 1. The molecule has 0 bridgehead atoms. The minimum atomic E-state index is -0.936. The molecule has 7 heteroatoms. The molecular weight excluding hydrogens is 284 g/mol. The summed E-state index contributed by atoms with van der Waals surface area (Å²) in [5.41, 5.74) is 0.452. The maximum atomic E-state index is 11.9. The summed E-state index contributed by atoms with van der Waals surface area (Å²) in [6.07, 6.45) is 0.767. The molecule has 2 aromatic heterocycles. The maximum absolute atomic E-state index is 11.9. The molecule has 2 N–H and O–H groups in total. The van der Waals surface area contributed by atoms with Crippen LogP contribution in [0.15, 0.2) is 17.5 Å². The molecular formula is C12H12N2O3S2. The van der Waals surface area contributed by atoms with Crippen LogP contribution in [-0.4, -0.2) is 22.0 Å². The van der Waals surface area contributed by atoms with Gasteiger partial charge >= 0.3 is 5.97 Å². The van der Waals surface area contributed by atoms with Crippen molar-refractivity contribution >= 4 is 39.7 Å². The molecule has 5 nitrogen and oxygen atoms in total. The number of thiazole rings is 1. The van der Waals surface area contributed by atoms with E-state index in [1.54, 1.807) is 11.4 Å². The van der Waals surface area contributed by atoms with Crippen molar-refractivity contribution < 1.29 is 14.7 Å². The normalized spacial score (nSPS) is 10.4. The Bertz CT molecular complexity index is 604. The van der Waals surface area contributed by atoms with Gasteiger partial charge < -0.3 is 5.11 Å². The van der Waals surface area contributed by atoms with Gasteiger partial charge in [-0.2, -0.15) is 0 Å². The molecule has 0 aliphatic heterocycles. The molecule has 0 radical (unpaired) electrons. The second kappa shape index (κ2) is 5.94. The average Bonchev–Trinajstić information content (AvgIpc) is 2.97. The van der Waals surface area contributed by atoms with E-state index in [0.29, 0.717) is 15.7 Å². The van der Waals surface area contributed by atoms with E-state index in [1.807, 2.05) is 13.0 Å². The fourth-order valence-electron chi connectivity index (χ4n) is 1.45. The van der Waals surface area contributed by atoms with E-state index >= 15 is 0 Å². The first-order chi connectivity index (χ1) is 9.08. The monoisotopic (exact) mass is 296 g/mol. The van der Waals surface area contributed by atoms with E-state index in [1.165, 1.54) is 22.7 Å². The molecule has 2 heterocycles. The lowest BCUT2D eigenvalue weighted by atomic mass is 10.3. The van der Waals surface area contributed by atoms with E-state index in [2.05, 4.69) is 10.3 Å². The van der Waals surface area contributed by atoms with Gasteiger partial charge in [0.1, 0.15) is 0 Å². The zero-order chi connectivity index (χ0) is 13.8. The van der Waals surface area contributed by atoms with Gasteiger partial charge in [0, 0.05) is 10.3 Å². The number of carbonyl (C=O) groups is 2. The summed E-state index contributed by atoms with van der Waals surface area (Å²) in [5.74, 6) is -1.14. The van der Waals surface area contributed by atoms with Crippen LogP contribution in [0.2, 0.25) is 0 Å². The first-order valence-corrected chi connectivity index (χ1v) is 7.34. The number of aliphatic carboxylic acids is 1. The van der Waals surface area contributed by atoms with Crippen molar-refractivity contribution in [1.29, 1.82) is 0 Å². The third-order valence-electron chi connectivity index (χ3n) is 2.34. The van der Waals surface area contributed by atoms with Crippen LogP contribution in [-0.2, 0) is 17.6 Å². The summed E-state index contributed by atoms with van der Waals surface area (Å²) < 4.78 is 0. The number of carboxylic acids is 1. The van der Waals surface area contributed by atoms with Gasteiger partial charge in [-0.1, -0.05) is 6.92 Å². The van der Waals surface area contributed by atoms with Crippen molar-refractivity contribution in [3.8, 4) is 0 Å². The average molecular weight is 296 g/mol. The minimum Gasteiger partial charge on any atom is -0.481 e. The third-order valence-corrected chi connectivity index (χ3v) is 4.37. The first kappa shape index (κ1) is 13.7. The van der Waals surface area contributed by atoms with Gasteiger partial charge in [0.2, 0.25) is 0 Å². The highest BCUT2D eigenvalue weighted by Gasteiger charge is 2.12. The predicted octanol–water partition coefficient (Wildman–Crippen LogP) is 2.65. The molecule has 19 heavy (non-hydrogen) atoms. The summed E-state index contributed by atoms with van der Waals surface area (Å²) in [4.78, 5) is 28.3. The molecule has 0 unspecified atom stereocenters. The van der Waals surface area contributed by atoms with Crippen LogP contribution < -0.4 is 5.32 Å². The summed E-state index contributed by atoms with van der Waals surface area (Å²) in [6.45, 7) is 2.03. The van der Waals surface area contributed by atoms with E-state index < -0.39 is 5.97 Å². The van der Waals surface area contributed by atoms with Crippen LogP contribution in [0.5, 0.6) is 0 Å². The molecule has 2 rings (SSSR count). The molecule has 1 amide bonds. The second-order valence-electron chi connectivity index (χ2n) is 3.79. The van der Waals surface area contributed by atoms with E-state index in [9.17, 15) is 9.59 Å². The fourth-order valence-corrected chi connectivity index (χ4v) is 3.00. The molecule has 0 aliphatic rings. The van der Waals surface area contributed by atoms with Gasteiger partial charge in [0.25, 0.3) is 5.91 Å². The Morgan fingerprint density at radius 3 is 2.84 bits per heavy atom. The molecule has 2 aromatic rings. The predicted molar refractivity (Wildman–Crippen MR) is 75.1 cm³/mol. The number of carbonyl (C=O) groups excluding carboxylic acids is 1. The van der Waals surface area contributed by atoms with Crippen molar-refractivity contribution in [3.63, 3.8) is 0 Å². The summed E-state index contributed by atoms with van der Waals surface area (Å²) >= 11 is 2.67. The molecule has 0 saturated heterocycles. The van der Waals surface area contributed by atoms with Crippen LogP contribution >= 0.6 is 22.7 Å². The Morgan fingerprint density at radius 2 is 2.21 bits per heavy atom. The van der Waals surface area contributed by atoms with Crippen molar-refractivity contribution in [2.24, 2.45) is 0 Å². The van der Waals surface area contributed by atoms with Crippen molar-refractivity contribution in [1.82, 2.24) is 4.98 Å². The largest absolute Gasteiger partial charge is 0.481 e. The zero-order valence-electron chi connectivity index (χ0n) is 10.2. The Labute approximate surface area is 117 Å². The number of hydrogen-bond donors (Lipinski definition) is 2. The Morgan fingerprint density at radius 1 is 1.42 bits per heavy atom. The molecule has 0 atom stereocenters. The number of anilines is 1. The first-order valence-electron chi connectivity index (χ1n) is 5.64. The Hall–Kier alpha value is -1.73. The lowest BCUT2D eigenvalue weighted by molar-refractivity contribution is -0.136. The number of carboxylic acid groups (broad SMARTS) is 1. The van der Waals surface area contributed by atoms with Gasteiger partial charge in [-0.25, -0.2) is 4.98 Å². The highest BCUT2D eigenvalue weighted by molar-refractivity contribution is 7.15. The zero-order valence-corrected chi connectivity index (χ0v) is 11.8. The lowest BCUT2D eigenvalue weighted by Crippen LogP contribution is -2.10. The fraction of sp³-hybridized carbons (Fsp3) is 0.250. The van der Waals surface area contributed by atoms with Crippen LogP contribution in [0.25, 0.3) is 0 Å². The Kier molecular flexibility index (Phi) is 4.28. The number of amides is 1. The van der Waals surface area contributed by atoms with E-state index in [-0.39, 0.29) is 12.3 Å². The SMILES string of the molecule is CCc1ccc(C(=O)Nc2nc(CC(=O)O)cs2)s1. The topological polar surface area (TPSA) is 79.3 Å². The van der Waals surface area contributed by atoms with Crippen LogP contribution in [0.4, 0.5) is 5.13 Å². The lowest BCUT2D eigenvalue weighted by Gasteiger charge is -1.97. The molecule has 0 fully saturated rings. The Balaban J connectivity index is 2.02. The number of rotatable bonds is 5. The van der Waals surface area contributed by atoms with Crippen molar-refractivity contribution in [3.05, 3.63) is 33.0 Å². The van der Waals surface area contributed by atoms with Crippen LogP contribution in [0.1, 0.15) is 27.2 Å². The molecule has 100 valence electrons. The standard InChI is InChI=1S/C12H12N2O3S2/c1-2-8-3-4-9(19-8)11(17)14-12-13-7(6-18-12)5-10(15)16/h3-4,6H,2,5H2,1H3,(H,15,16)(H,13,14,17). The second-order valence-corrected chi connectivity index (χ2v) is 5.81. The van der Waals surface area contributed by atoms with E-state index in [4.69, 9.17) is 5.11 Å². The van der Waals surface area contributed by atoms with Crippen LogP contribution in [0.3, 0.4) is 0 Å². The van der Waals surface area contributed by atoms with Crippen molar-refractivity contribution in [2.45, 2.75) is 19.8 Å². The third kappa shape index (κ3) is 3.62. The number of aromatic nitrogens is 1. The minimum absolute atomic E-state index is 0.134. The molecule has 0 saturated carbocycles. The summed E-state index contributed by atoms with van der Waals surface area (Å²) in [5, 5.41) is 13.4. The van der Waals surface area contributed by atoms with Crippen LogP contribution in [0, 0.1) is 0 Å². The molecule has 0 aromatic carbocycles. The smallest absolute Gasteiger partial charge is 0.309 e. The number of nitrogens with one attached hydrogen (secondary N) is 1. The summed E-state index contributed by atoms with van der Waals surface area (Å²) in [7, 11) is 0. The number of thiophene rings is 1. The quantitative estimate of drug-likeness (QED) is 0.889. The van der Waals surface area contributed by atoms with Gasteiger partial charge in [0.05, 0.1) is 17.0 Å². The van der Waals surface area contributed by atoms with Gasteiger partial charge in [-0.05, 0) is 18.6 Å². The molecule has 0 aliphatic carbocycles. The molecule has 0 spiro atoms. The van der Waals surface area contributed by atoms with Gasteiger partial charge in [-0.3, -0.25) is 14.9 Å². The summed E-state index contributed by atoms with van der Waals surface area (Å²) in [6, 6.07) is 3.71. The highest BCUT2D eigenvalue weighted by atomic mass is 32.1. The van der Waals surface area contributed by atoms with Gasteiger partial charge in [-0.15, -0.1) is 22.7 Å². The highest BCUT2D eigenvalue weighted by Crippen LogP contribution is 2.20. The van der Waals surface area contributed by atoms with Crippen molar-refractivity contribution in [2.75, 3.05) is 5.32 Å².